The third-order valence-electron chi connectivity index (χ3n) is 5.21. The molecule has 0 spiro atoms. The molecule has 0 aliphatic carbocycles. The predicted octanol–water partition coefficient (Wildman–Crippen LogP) is 4.18. The third-order valence-corrected chi connectivity index (χ3v) is 5.21. The van der Waals surface area contributed by atoms with Gasteiger partial charge in [0.05, 0.1) is 18.7 Å². The van der Waals surface area contributed by atoms with Crippen LogP contribution in [0.15, 0.2) is 77.3 Å². The average Bonchev–Trinajstić information content (AvgIpc) is 3.38. The first-order chi connectivity index (χ1) is 15.9. The first kappa shape index (κ1) is 21.9. The van der Waals surface area contributed by atoms with E-state index < -0.39 is 17.7 Å². The number of hydrogen-bond donors (Lipinski definition) is 1. The molecule has 1 aliphatic heterocycles. The van der Waals surface area contributed by atoms with E-state index in [9.17, 15) is 14.7 Å². The number of ether oxygens (including phenoxy) is 2. The summed E-state index contributed by atoms with van der Waals surface area (Å²) in [7, 11) is 1.53. The molecule has 1 N–H and O–H groups in total. The maximum atomic E-state index is 13.1. The van der Waals surface area contributed by atoms with Crippen LogP contribution in [0.2, 0.25) is 0 Å². The molecule has 4 rings (SSSR count). The van der Waals surface area contributed by atoms with Crippen LogP contribution < -0.4 is 14.4 Å². The molecular weight excluding hydrogens is 424 g/mol. The molecule has 168 valence electrons. The zero-order valence-corrected chi connectivity index (χ0v) is 18.1. The van der Waals surface area contributed by atoms with Crippen molar-refractivity contribution in [3.05, 3.63) is 89.7 Å². The van der Waals surface area contributed by atoms with Crippen LogP contribution in [0, 0.1) is 6.92 Å². The zero-order chi connectivity index (χ0) is 23.5. The number of hydrogen-bond acceptors (Lipinski definition) is 7. The monoisotopic (exact) mass is 446 g/mol. The van der Waals surface area contributed by atoms with Gasteiger partial charge in [-0.1, -0.05) is 29.9 Å². The molecule has 8 nitrogen and oxygen atoms in total. The van der Waals surface area contributed by atoms with E-state index in [2.05, 4.69) is 11.7 Å². The quantitative estimate of drug-likeness (QED) is 0.251. The number of carbonyl (C=O) groups excluding carboxylic acids is 2. The van der Waals surface area contributed by atoms with E-state index in [0.717, 1.165) is 0 Å². The molecule has 0 saturated carbocycles. The minimum absolute atomic E-state index is 0.0632. The number of aliphatic hydroxyl groups excluding tert-OH is 1. The summed E-state index contributed by atoms with van der Waals surface area (Å²) in [5.41, 5.74) is 0.868. The lowest BCUT2D eigenvalue weighted by molar-refractivity contribution is -0.132. The van der Waals surface area contributed by atoms with Gasteiger partial charge in [-0.05, 0) is 48.9 Å². The van der Waals surface area contributed by atoms with Crippen molar-refractivity contribution < 1.29 is 28.7 Å². The standard InChI is InChI=1S/C25H22N2O6/c1-4-12-32-19-7-5-6-17(14-19)22-21(23(28)16-8-10-18(31-3)11-9-16)24(29)25(30)27(22)20-13-15(2)33-26-20/h4-11,13-14,22,28H,1,12H2,2-3H3/t22-/m0/s1. The van der Waals surface area contributed by atoms with Gasteiger partial charge in [0.2, 0.25) is 0 Å². The average molecular weight is 446 g/mol. The van der Waals surface area contributed by atoms with E-state index in [4.69, 9.17) is 14.0 Å². The summed E-state index contributed by atoms with van der Waals surface area (Å²) in [6.07, 6.45) is 1.61. The first-order valence-corrected chi connectivity index (χ1v) is 10.2. The number of benzene rings is 2. The molecule has 1 saturated heterocycles. The number of carbonyl (C=O) groups is 2. The van der Waals surface area contributed by atoms with E-state index in [1.165, 1.54) is 12.0 Å². The number of ketones is 1. The Morgan fingerprint density at radius 3 is 2.58 bits per heavy atom. The Morgan fingerprint density at radius 2 is 1.94 bits per heavy atom. The molecule has 8 heteroatoms. The van der Waals surface area contributed by atoms with Crippen molar-refractivity contribution in [2.24, 2.45) is 0 Å². The van der Waals surface area contributed by atoms with Crippen LogP contribution in [0.4, 0.5) is 5.82 Å². The molecule has 2 aromatic carbocycles. The molecule has 1 amide bonds. The molecular formula is C25H22N2O6. The molecule has 1 atom stereocenters. The fourth-order valence-electron chi connectivity index (χ4n) is 3.68. The van der Waals surface area contributed by atoms with Gasteiger partial charge in [-0.25, -0.2) is 0 Å². The lowest BCUT2D eigenvalue weighted by Gasteiger charge is -2.23. The number of amides is 1. The predicted molar refractivity (Wildman–Crippen MR) is 121 cm³/mol. The Labute approximate surface area is 190 Å². The largest absolute Gasteiger partial charge is 0.507 e. The highest BCUT2D eigenvalue weighted by Crippen LogP contribution is 2.42. The molecule has 33 heavy (non-hydrogen) atoms. The highest BCUT2D eigenvalue weighted by molar-refractivity contribution is 6.51. The van der Waals surface area contributed by atoms with Gasteiger partial charge in [0.15, 0.2) is 5.82 Å². The van der Waals surface area contributed by atoms with Crippen LogP contribution in [0.3, 0.4) is 0 Å². The van der Waals surface area contributed by atoms with Crippen molar-refractivity contribution in [2.45, 2.75) is 13.0 Å². The number of nitrogens with zero attached hydrogens (tertiary/aromatic N) is 2. The molecule has 1 aliphatic rings. The van der Waals surface area contributed by atoms with E-state index in [1.54, 1.807) is 67.6 Å². The molecule has 2 heterocycles. The zero-order valence-electron chi connectivity index (χ0n) is 18.1. The molecule has 0 bridgehead atoms. The summed E-state index contributed by atoms with van der Waals surface area (Å²) >= 11 is 0. The van der Waals surface area contributed by atoms with Gasteiger partial charge in [-0.2, -0.15) is 0 Å². The summed E-state index contributed by atoms with van der Waals surface area (Å²) in [6.45, 7) is 5.61. The normalized spacial score (nSPS) is 17.3. The Hall–Kier alpha value is -4.33. The minimum Gasteiger partial charge on any atom is -0.507 e. The van der Waals surface area contributed by atoms with Crippen molar-refractivity contribution in [1.29, 1.82) is 0 Å². The Balaban J connectivity index is 1.89. The van der Waals surface area contributed by atoms with Gasteiger partial charge in [0, 0.05) is 11.6 Å². The van der Waals surface area contributed by atoms with Crippen LogP contribution in [-0.2, 0) is 9.59 Å². The summed E-state index contributed by atoms with van der Waals surface area (Å²) in [4.78, 5) is 27.4. The molecule has 0 radical (unpaired) electrons. The van der Waals surface area contributed by atoms with Crippen molar-refractivity contribution in [1.82, 2.24) is 5.16 Å². The molecule has 3 aromatic rings. The highest BCUT2D eigenvalue weighted by atomic mass is 16.5. The summed E-state index contributed by atoms with van der Waals surface area (Å²) in [5, 5.41) is 15.1. The minimum atomic E-state index is -0.941. The van der Waals surface area contributed by atoms with Gasteiger partial charge in [-0.15, -0.1) is 0 Å². The van der Waals surface area contributed by atoms with E-state index in [1.807, 2.05) is 0 Å². The lowest BCUT2D eigenvalue weighted by atomic mass is 9.95. The first-order valence-electron chi connectivity index (χ1n) is 10.2. The van der Waals surface area contributed by atoms with E-state index >= 15 is 0 Å². The Kier molecular flexibility index (Phi) is 5.99. The fourth-order valence-corrected chi connectivity index (χ4v) is 3.68. The van der Waals surface area contributed by atoms with Crippen LogP contribution in [0.1, 0.15) is 22.9 Å². The van der Waals surface area contributed by atoms with Crippen molar-refractivity contribution in [3.8, 4) is 11.5 Å². The second-order valence-corrected chi connectivity index (χ2v) is 7.37. The van der Waals surface area contributed by atoms with Gasteiger partial charge >= 0.3 is 5.91 Å². The van der Waals surface area contributed by atoms with E-state index in [0.29, 0.717) is 28.4 Å². The van der Waals surface area contributed by atoms with Gasteiger partial charge < -0.3 is 19.1 Å². The van der Waals surface area contributed by atoms with Gasteiger partial charge in [0.25, 0.3) is 5.78 Å². The second-order valence-electron chi connectivity index (χ2n) is 7.37. The van der Waals surface area contributed by atoms with Crippen LogP contribution >= 0.6 is 0 Å². The van der Waals surface area contributed by atoms with Crippen molar-refractivity contribution in [3.63, 3.8) is 0 Å². The number of aryl methyl sites for hydroxylation is 1. The Bertz CT molecular complexity index is 1240. The van der Waals surface area contributed by atoms with Gasteiger partial charge in [-0.3, -0.25) is 14.5 Å². The third kappa shape index (κ3) is 4.10. The number of Topliss-reactive ketones (excluding diaryl/α,β-unsaturated/α-hetero) is 1. The van der Waals surface area contributed by atoms with Gasteiger partial charge in [0.1, 0.15) is 29.6 Å². The molecule has 1 aromatic heterocycles. The number of anilines is 1. The van der Waals surface area contributed by atoms with Crippen LogP contribution in [0.25, 0.3) is 5.76 Å². The number of aromatic nitrogens is 1. The fraction of sp³-hybridized carbons (Fsp3) is 0.160. The summed E-state index contributed by atoms with van der Waals surface area (Å²) < 4.78 is 15.9. The molecule has 1 fully saturated rings. The number of rotatable bonds is 7. The summed E-state index contributed by atoms with van der Waals surface area (Å²) in [5.74, 6) is -0.185. The number of aliphatic hydroxyl groups is 1. The SMILES string of the molecule is C=CCOc1cccc([C@H]2C(=C(O)c3ccc(OC)cc3)C(=O)C(=O)N2c2cc(C)on2)c1. The van der Waals surface area contributed by atoms with Crippen LogP contribution in [0.5, 0.6) is 11.5 Å². The lowest BCUT2D eigenvalue weighted by Crippen LogP contribution is -2.29. The van der Waals surface area contributed by atoms with Crippen molar-refractivity contribution >= 4 is 23.3 Å². The number of methoxy groups -OCH3 is 1. The Morgan fingerprint density at radius 1 is 1.18 bits per heavy atom. The maximum absolute atomic E-state index is 13.1. The maximum Gasteiger partial charge on any atom is 0.301 e. The van der Waals surface area contributed by atoms with Crippen molar-refractivity contribution in [2.75, 3.05) is 18.6 Å². The topological polar surface area (TPSA) is 102 Å². The molecule has 0 unspecified atom stereocenters. The second kappa shape index (κ2) is 9.04. The van der Waals surface area contributed by atoms with Crippen LogP contribution in [-0.4, -0.2) is 35.7 Å². The smallest absolute Gasteiger partial charge is 0.301 e. The highest BCUT2D eigenvalue weighted by Gasteiger charge is 2.48. The summed E-state index contributed by atoms with van der Waals surface area (Å²) in [6, 6.07) is 14.1. The van der Waals surface area contributed by atoms with E-state index in [-0.39, 0.29) is 23.8 Å².